The second-order valence-corrected chi connectivity index (χ2v) is 6.96. The van der Waals surface area contributed by atoms with Crippen molar-refractivity contribution in [2.45, 2.75) is 32.4 Å². The summed E-state index contributed by atoms with van der Waals surface area (Å²) in [7, 11) is 1.28. The van der Waals surface area contributed by atoms with Gasteiger partial charge in [0, 0.05) is 38.3 Å². The van der Waals surface area contributed by atoms with E-state index in [9.17, 15) is 18.4 Å². The molecule has 1 saturated carbocycles. The van der Waals surface area contributed by atoms with Gasteiger partial charge in [0.05, 0.1) is 13.7 Å². The van der Waals surface area contributed by atoms with Crippen LogP contribution in [0.4, 0.5) is 14.5 Å². The molecule has 0 N–H and O–H groups in total. The van der Waals surface area contributed by atoms with Crippen molar-refractivity contribution in [3.8, 4) is 11.5 Å². The van der Waals surface area contributed by atoms with Crippen LogP contribution in [0.15, 0.2) is 18.2 Å². The SMILES string of the molecule is COC(=O)C1CN(c2ccc(OC(F)F)c(OCC3CC3)c2)CCN1C(C)=O. The first-order valence-corrected chi connectivity index (χ1v) is 9.20. The Morgan fingerprint density at radius 3 is 2.57 bits per heavy atom. The normalized spacial score (nSPS) is 19.5. The molecule has 0 bridgehead atoms. The van der Waals surface area contributed by atoms with Crippen LogP contribution >= 0.6 is 0 Å². The van der Waals surface area contributed by atoms with E-state index in [-0.39, 0.29) is 24.0 Å². The van der Waals surface area contributed by atoms with Gasteiger partial charge in [-0.3, -0.25) is 4.79 Å². The fourth-order valence-corrected chi connectivity index (χ4v) is 3.22. The van der Waals surface area contributed by atoms with Crippen molar-refractivity contribution >= 4 is 17.6 Å². The highest BCUT2D eigenvalue weighted by Crippen LogP contribution is 2.36. The Morgan fingerprint density at radius 2 is 1.96 bits per heavy atom. The summed E-state index contributed by atoms with van der Waals surface area (Å²) in [6, 6.07) is 3.98. The Kier molecular flexibility index (Phi) is 6.21. The number of rotatable bonds is 7. The average Bonchev–Trinajstić information content (AvgIpc) is 3.50. The first-order valence-electron chi connectivity index (χ1n) is 9.20. The van der Waals surface area contributed by atoms with Crippen molar-refractivity contribution in [2.75, 3.05) is 38.3 Å². The van der Waals surface area contributed by atoms with Gasteiger partial charge in [-0.05, 0) is 30.9 Å². The predicted molar refractivity (Wildman–Crippen MR) is 96.7 cm³/mol. The monoisotopic (exact) mass is 398 g/mol. The van der Waals surface area contributed by atoms with Crippen LogP contribution in [0.25, 0.3) is 0 Å². The molecule has 9 heteroatoms. The van der Waals surface area contributed by atoms with E-state index >= 15 is 0 Å². The summed E-state index contributed by atoms with van der Waals surface area (Å²) in [5, 5.41) is 0. The molecule has 1 aliphatic carbocycles. The Morgan fingerprint density at radius 1 is 1.21 bits per heavy atom. The second-order valence-electron chi connectivity index (χ2n) is 6.96. The minimum atomic E-state index is -2.95. The Bertz CT molecular complexity index is 726. The third-order valence-electron chi connectivity index (χ3n) is 4.94. The van der Waals surface area contributed by atoms with Gasteiger partial charge >= 0.3 is 12.6 Å². The van der Waals surface area contributed by atoms with E-state index in [1.807, 2.05) is 4.90 Å². The number of hydrogen-bond acceptors (Lipinski definition) is 6. The highest BCUT2D eigenvalue weighted by Gasteiger charge is 2.35. The summed E-state index contributed by atoms with van der Waals surface area (Å²) in [5.41, 5.74) is 0.699. The minimum Gasteiger partial charge on any atom is -0.489 e. The van der Waals surface area contributed by atoms with Crippen molar-refractivity contribution in [2.24, 2.45) is 5.92 Å². The number of halogens is 2. The van der Waals surface area contributed by atoms with E-state index in [1.165, 1.54) is 25.0 Å². The lowest BCUT2D eigenvalue weighted by Crippen LogP contribution is -2.58. The van der Waals surface area contributed by atoms with Gasteiger partial charge in [-0.1, -0.05) is 0 Å². The lowest BCUT2D eigenvalue weighted by molar-refractivity contribution is -0.152. The first-order chi connectivity index (χ1) is 13.4. The highest BCUT2D eigenvalue weighted by atomic mass is 19.3. The number of carbonyl (C=O) groups excluding carboxylic acids is 2. The number of ether oxygens (including phenoxy) is 3. The van der Waals surface area contributed by atoms with Crippen molar-refractivity contribution in [1.29, 1.82) is 0 Å². The van der Waals surface area contributed by atoms with Crippen LogP contribution in [-0.2, 0) is 14.3 Å². The minimum absolute atomic E-state index is 0.0220. The van der Waals surface area contributed by atoms with Gasteiger partial charge in [-0.15, -0.1) is 0 Å². The van der Waals surface area contributed by atoms with E-state index < -0.39 is 18.6 Å². The van der Waals surface area contributed by atoms with Gasteiger partial charge in [0.25, 0.3) is 0 Å². The maximum atomic E-state index is 12.7. The summed E-state index contributed by atoms with van der Waals surface area (Å²) in [5.74, 6) is -0.0302. The summed E-state index contributed by atoms with van der Waals surface area (Å²) >= 11 is 0. The molecule has 3 rings (SSSR count). The number of nitrogens with zero attached hydrogens (tertiary/aromatic N) is 2. The van der Waals surface area contributed by atoms with Crippen LogP contribution in [0.1, 0.15) is 19.8 Å². The van der Waals surface area contributed by atoms with Crippen molar-refractivity contribution in [1.82, 2.24) is 4.90 Å². The first kappa shape index (κ1) is 20.2. The number of methoxy groups -OCH3 is 1. The molecule has 2 fully saturated rings. The molecule has 0 aromatic heterocycles. The number of piperazine rings is 1. The van der Waals surface area contributed by atoms with Crippen molar-refractivity contribution in [3.05, 3.63) is 18.2 Å². The van der Waals surface area contributed by atoms with Crippen LogP contribution in [0, 0.1) is 5.92 Å². The molecule has 1 heterocycles. The number of anilines is 1. The summed E-state index contributed by atoms with van der Waals surface area (Å²) in [6.07, 6.45) is 2.14. The van der Waals surface area contributed by atoms with Gasteiger partial charge in [0.1, 0.15) is 6.04 Å². The zero-order valence-electron chi connectivity index (χ0n) is 15.9. The molecule has 1 aromatic carbocycles. The maximum Gasteiger partial charge on any atom is 0.387 e. The molecule has 1 aliphatic heterocycles. The molecule has 1 aromatic rings. The molecular formula is C19H24F2N2O5. The van der Waals surface area contributed by atoms with Crippen LogP contribution < -0.4 is 14.4 Å². The Hall–Kier alpha value is -2.58. The summed E-state index contributed by atoms with van der Waals surface area (Å²) < 4.78 is 40.5. The quantitative estimate of drug-likeness (QED) is 0.657. The van der Waals surface area contributed by atoms with E-state index in [1.54, 1.807) is 12.1 Å². The van der Waals surface area contributed by atoms with Gasteiger partial charge < -0.3 is 24.0 Å². The summed E-state index contributed by atoms with van der Waals surface area (Å²) in [4.78, 5) is 27.3. The van der Waals surface area contributed by atoms with Crippen molar-refractivity contribution < 1.29 is 32.6 Å². The second kappa shape index (κ2) is 8.62. The molecule has 1 atom stereocenters. The zero-order valence-corrected chi connectivity index (χ0v) is 15.9. The number of esters is 1. The Balaban J connectivity index is 1.80. The molecule has 1 amide bonds. The van der Waals surface area contributed by atoms with E-state index in [4.69, 9.17) is 9.47 Å². The molecule has 0 radical (unpaired) electrons. The number of hydrogen-bond donors (Lipinski definition) is 0. The lowest BCUT2D eigenvalue weighted by atomic mass is 10.1. The van der Waals surface area contributed by atoms with Gasteiger partial charge in [0.15, 0.2) is 11.5 Å². The number of amides is 1. The van der Waals surface area contributed by atoms with Crippen LogP contribution in [0.3, 0.4) is 0 Å². The lowest BCUT2D eigenvalue weighted by Gasteiger charge is -2.40. The number of benzene rings is 1. The van der Waals surface area contributed by atoms with Crippen LogP contribution in [0.5, 0.6) is 11.5 Å². The van der Waals surface area contributed by atoms with Gasteiger partial charge in [-0.2, -0.15) is 8.78 Å². The highest BCUT2D eigenvalue weighted by molar-refractivity contribution is 5.84. The molecule has 0 spiro atoms. The molecule has 1 saturated heterocycles. The molecule has 154 valence electrons. The molecule has 2 aliphatic rings. The van der Waals surface area contributed by atoms with E-state index in [2.05, 4.69) is 4.74 Å². The smallest absolute Gasteiger partial charge is 0.387 e. The Labute approximate surface area is 162 Å². The molecule has 28 heavy (non-hydrogen) atoms. The van der Waals surface area contributed by atoms with Gasteiger partial charge in [-0.25, -0.2) is 4.79 Å². The standard InChI is InChI=1S/C19H24F2N2O5/c1-12(24)23-8-7-22(10-15(23)18(25)26-2)14-5-6-16(28-19(20)21)17(9-14)27-11-13-3-4-13/h5-6,9,13,15,19H,3-4,7-8,10-11H2,1-2H3. The molecule has 1 unspecified atom stereocenters. The van der Waals surface area contributed by atoms with Crippen LogP contribution in [0.2, 0.25) is 0 Å². The maximum absolute atomic E-state index is 12.7. The van der Waals surface area contributed by atoms with Crippen molar-refractivity contribution in [3.63, 3.8) is 0 Å². The zero-order chi connectivity index (χ0) is 20.3. The number of carbonyl (C=O) groups is 2. The van der Waals surface area contributed by atoms with Crippen LogP contribution in [-0.4, -0.2) is 62.8 Å². The third-order valence-corrected chi connectivity index (χ3v) is 4.94. The predicted octanol–water partition coefficient (Wildman–Crippen LogP) is 2.29. The average molecular weight is 398 g/mol. The van der Waals surface area contributed by atoms with Gasteiger partial charge in [0.2, 0.25) is 5.91 Å². The fourth-order valence-electron chi connectivity index (χ4n) is 3.22. The third kappa shape index (κ3) is 4.82. The van der Waals surface area contributed by atoms with E-state index in [0.717, 1.165) is 12.8 Å². The van der Waals surface area contributed by atoms with E-state index in [0.29, 0.717) is 31.3 Å². The molecular weight excluding hydrogens is 374 g/mol. The summed E-state index contributed by atoms with van der Waals surface area (Å²) in [6.45, 7) is -0.00873. The largest absolute Gasteiger partial charge is 0.489 e. The molecule has 7 nitrogen and oxygen atoms in total. The number of alkyl halides is 2. The fraction of sp³-hybridized carbons (Fsp3) is 0.579. The topological polar surface area (TPSA) is 68.3 Å².